The molecule has 6 nitrogen and oxygen atoms in total. The molecular weight excluding hydrogens is 426 g/mol. The van der Waals surface area contributed by atoms with Gasteiger partial charge in [0.1, 0.15) is 16.4 Å². The van der Waals surface area contributed by atoms with Gasteiger partial charge in [0.15, 0.2) is 5.79 Å². The van der Waals surface area contributed by atoms with Crippen LogP contribution < -0.4 is 4.74 Å². The van der Waals surface area contributed by atoms with Crippen LogP contribution in [0.3, 0.4) is 0 Å². The minimum atomic E-state index is -0.540. The molecule has 5 rings (SSSR count). The molecule has 0 N–H and O–H groups in total. The fourth-order valence-electron chi connectivity index (χ4n) is 4.29. The third-order valence-corrected chi connectivity index (χ3v) is 7.34. The van der Waals surface area contributed by atoms with Gasteiger partial charge in [-0.3, -0.25) is 10.1 Å². The van der Waals surface area contributed by atoms with Crippen molar-refractivity contribution in [3.63, 3.8) is 0 Å². The normalized spacial score (nSPS) is 17.3. The average molecular weight is 450 g/mol. The number of hydrogen-bond donors (Lipinski definition) is 0. The first-order valence-corrected chi connectivity index (χ1v) is 11.4. The molecule has 164 valence electrons. The van der Waals surface area contributed by atoms with Gasteiger partial charge in [-0.25, -0.2) is 0 Å². The second kappa shape index (κ2) is 8.50. The molecule has 1 aromatic heterocycles. The molecule has 2 aliphatic rings. The Morgan fingerprint density at radius 2 is 1.69 bits per heavy atom. The molecule has 32 heavy (non-hydrogen) atoms. The summed E-state index contributed by atoms with van der Waals surface area (Å²) >= 11 is 1.48. The molecule has 1 fully saturated rings. The number of hydrogen-bond acceptors (Lipinski definition) is 6. The molecule has 0 unspecified atom stereocenters. The van der Waals surface area contributed by atoms with Gasteiger partial charge >= 0.3 is 0 Å². The predicted molar refractivity (Wildman–Crippen MR) is 124 cm³/mol. The van der Waals surface area contributed by atoms with Crippen molar-refractivity contribution in [3.05, 3.63) is 81.2 Å². The van der Waals surface area contributed by atoms with E-state index in [0.29, 0.717) is 38.0 Å². The lowest BCUT2D eigenvalue weighted by molar-refractivity contribution is -0.385. The Kier molecular flexibility index (Phi) is 5.55. The van der Waals surface area contributed by atoms with Gasteiger partial charge in [0.2, 0.25) is 0 Å². The molecule has 0 bridgehead atoms. The van der Waals surface area contributed by atoms with Crippen LogP contribution in [-0.2, 0) is 9.47 Å². The summed E-state index contributed by atoms with van der Waals surface area (Å²) in [6, 6.07) is 17.3. The van der Waals surface area contributed by atoms with Crippen LogP contribution in [0.25, 0.3) is 16.0 Å². The van der Waals surface area contributed by atoms with Gasteiger partial charge in [0, 0.05) is 23.3 Å². The van der Waals surface area contributed by atoms with Crippen molar-refractivity contribution >= 4 is 22.6 Å². The maximum absolute atomic E-state index is 12.0. The van der Waals surface area contributed by atoms with Gasteiger partial charge in [-0.15, -0.1) is 11.3 Å². The number of rotatable bonds is 5. The van der Waals surface area contributed by atoms with Crippen molar-refractivity contribution < 1.29 is 19.1 Å². The third-order valence-electron chi connectivity index (χ3n) is 5.93. The van der Waals surface area contributed by atoms with Crippen LogP contribution in [0, 0.1) is 17.0 Å². The van der Waals surface area contributed by atoms with Gasteiger partial charge < -0.3 is 14.2 Å². The van der Waals surface area contributed by atoms with E-state index in [9.17, 15) is 10.1 Å². The number of thiophene rings is 1. The molecule has 2 aromatic carbocycles. The van der Waals surface area contributed by atoms with Crippen molar-refractivity contribution in [1.29, 1.82) is 0 Å². The average Bonchev–Trinajstić information content (AvgIpc) is 3.40. The number of benzene rings is 2. The first-order chi connectivity index (χ1) is 15.5. The summed E-state index contributed by atoms with van der Waals surface area (Å²) in [5, 5.41) is 12.0. The van der Waals surface area contributed by atoms with E-state index in [-0.39, 0.29) is 10.6 Å². The van der Waals surface area contributed by atoms with E-state index < -0.39 is 5.79 Å². The first kappa shape index (κ1) is 20.9. The standard InChI is InChI=1S/C25H23NO5S/c1-17-22(26(27)28)24(19-11-13-25(14-12-19)29-15-16-30-25)32-23(17)18-7-9-21(10-8-18)31-20-5-3-2-4-6-20/h2-11H,12-16H2,1H3. The van der Waals surface area contributed by atoms with Crippen molar-refractivity contribution in [3.8, 4) is 21.9 Å². The summed E-state index contributed by atoms with van der Waals surface area (Å²) in [7, 11) is 0. The highest BCUT2D eigenvalue weighted by molar-refractivity contribution is 7.17. The highest BCUT2D eigenvalue weighted by Crippen LogP contribution is 2.48. The van der Waals surface area contributed by atoms with Crippen LogP contribution in [0.2, 0.25) is 0 Å². The quantitative estimate of drug-likeness (QED) is 0.319. The minimum absolute atomic E-state index is 0.199. The minimum Gasteiger partial charge on any atom is -0.457 e. The molecule has 0 saturated carbocycles. The fourth-order valence-corrected chi connectivity index (χ4v) is 5.64. The lowest BCUT2D eigenvalue weighted by atomic mass is 9.92. The summed E-state index contributed by atoms with van der Waals surface area (Å²) in [6.07, 6.45) is 4.09. The second-order valence-electron chi connectivity index (χ2n) is 7.97. The third kappa shape index (κ3) is 3.95. The van der Waals surface area contributed by atoms with Gasteiger partial charge in [0.05, 0.1) is 18.1 Å². The number of ether oxygens (including phenoxy) is 3. The molecule has 0 amide bonds. The Morgan fingerprint density at radius 3 is 2.31 bits per heavy atom. The van der Waals surface area contributed by atoms with Crippen molar-refractivity contribution in [2.75, 3.05) is 13.2 Å². The second-order valence-corrected chi connectivity index (χ2v) is 8.99. The summed E-state index contributed by atoms with van der Waals surface area (Å²) in [6.45, 7) is 3.04. The molecular formula is C25H23NO5S. The summed E-state index contributed by atoms with van der Waals surface area (Å²) in [4.78, 5) is 13.3. The Morgan fingerprint density at radius 1 is 1.00 bits per heavy atom. The molecule has 3 aromatic rings. The highest BCUT2D eigenvalue weighted by atomic mass is 32.1. The first-order valence-electron chi connectivity index (χ1n) is 10.6. The molecule has 2 heterocycles. The molecule has 0 radical (unpaired) electrons. The number of allylic oxidation sites excluding steroid dienone is 1. The predicted octanol–water partition coefficient (Wildman–Crippen LogP) is 6.73. The van der Waals surface area contributed by atoms with Crippen molar-refractivity contribution in [2.24, 2.45) is 0 Å². The summed E-state index contributed by atoms with van der Waals surface area (Å²) in [5.41, 5.74) is 2.84. The Hall–Kier alpha value is -3.00. The monoisotopic (exact) mass is 449 g/mol. The molecule has 1 aliphatic heterocycles. The molecule has 1 saturated heterocycles. The zero-order valence-electron chi connectivity index (χ0n) is 17.7. The van der Waals surface area contributed by atoms with Crippen LogP contribution in [0.5, 0.6) is 11.5 Å². The topological polar surface area (TPSA) is 70.8 Å². The van der Waals surface area contributed by atoms with Crippen molar-refractivity contribution in [2.45, 2.75) is 32.0 Å². The lowest BCUT2D eigenvalue weighted by Crippen LogP contribution is -2.31. The zero-order chi connectivity index (χ0) is 22.1. The van der Waals surface area contributed by atoms with Gasteiger partial charge in [0.25, 0.3) is 5.69 Å². The highest BCUT2D eigenvalue weighted by Gasteiger charge is 2.39. The number of nitro groups is 1. The van der Waals surface area contributed by atoms with Crippen LogP contribution in [-0.4, -0.2) is 23.9 Å². The van der Waals surface area contributed by atoms with E-state index in [0.717, 1.165) is 32.4 Å². The van der Waals surface area contributed by atoms with Crippen LogP contribution in [0.4, 0.5) is 5.69 Å². The summed E-state index contributed by atoms with van der Waals surface area (Å²) < 4.78 is 17.4. The molecule has 7 heteroatoms. The fraction of sp³-hybridized carbons (Fsp3) is 0.280. The lowest BCUT2D eigenvalue weighted by Gasteiger charge is -2.30. The Bertz CT molecular complexity index is 1160. The van der Waals surface area contributed by atoms with Crippen molar-refractivity contribution in [1.82, 2.24) is 0 Å². The Balaban J connectivity index is 1.44. The van der Waals surface area contributed by atoms with Crippen LogP contribution >= 0.6 is 11.3 Å². The Labute approximate surface area is 190 Å². The number of para-hydroxylation sites is 1. The maximum Gasteiger partial charge on any atom is 0.291 e. The van der Waals surface area contributed by atoms with E-state index in [2.05, 4.69) is 0 Å². The molecule has 1 spiro atoms. The number of nitrogens with zero attached hydrogens (tertiary/aromatic N) is 1. The van der Waals surface area contributed by atoms with E-state index in [1.54, 1.807) is 0 Å². The van der Waals surface area contributed by atoms with E-state index in [1.807, 2.05) is 67.6 Å². The zero-order valence-corrected chi connectivity index (χ0v) is 18.5. The van der Waals surface area contributed by atoms with Gasteiger partial charge in [-0.05, 0) is 60.9 Å². The maximum atomic E-state index is 12.0. The van der Waals surface area contributed by atoms with Gasteiger partial charge in [-0.2, -0.15) is 0 Å². The summed E-state index contributed by atoms with van der Waals surface area (Å²) in [5.74, 6) is 0.950. The largest absolute Gasteiger partial charge is 0.457 e. The molecule has 0 atom stereocenters. The van der Waals surface area contributed by atoms with E-state index in [4.69, 9.17) is 14.2 Å². The van der Waals surface area contributed by atoms with Crippen LogP contribution in [0.1, 0.15) is 29.7 Å². The SMILES string of the molecule is Cc1c(-c2ccc(Oc3ccccc3)cc2)sc(C2=CCC3(CC2)OCCO3)c1[N+](=O)[O-]. The van der Waals surface area contributed by atoms with E-state index in [1.165, 1.54) is 11.3 Å². The van der Waals surface area contributed by atoms with Gasteiger partial charge in [-0.1, -0.05) is 24.3 Å². The smallest absolute Gasteiger partial charge is 0.291 e. The van der Waals surface area contributed by atoms with E-state index >= 15 is 0 Å². The van der Waals surface area contributed by atoms with Crippen LogP contribution in [0.15, 0.2) is 60.7 Å². The molecule has 1 aliphatic carbocycles.